The standard InChI is InChI=1S/C13H19F3N2S/c1-3-10-8(2)19-11(18-10)12(17)6-4-9(5-7-12)13(14,15)16/h9H,3-7,17H2,1-2H3. The molecule has 6 heteroatoms. The van der Waals surface area contributed by atoms with Gasteiger partial charge in [-0.15, -0.1) is 11.3 Å². The van der Waals surface area contributed by atoms with Crippen LogP contribution in [0.5, 0.6) is 0 Å². The SMILES string of the molecule is CCc1nc(C2(N)CCC(C(F)(F)F)CC2)sc1C. The van der Waals surface area contributed by atoms with Crippen molar-refractivity contribution in [2.75, 3.05) is 0 Å². The summed E-state index contributed by atoms with van der Waals surface area (Å²) in [7, 11) is 0. The molecule has 0 saturated heterocycles. The molecular formula is C13H19F3N2S. The summed E-state index contributed by atoms with van der Waals surface area (Å²) in [6.45, 7) is 4.01. The zero-order valence-electron chi connectivity index (χ0n) is 11.2. The number of nitrogens with two attached hydrogens (primary N) is 1. The van der Waals surface area contributed by atoms with Crippen molar-refractivity contribution in [3.8, 4) is 0 Å². The van der Waals surface area contributed by atoms with E-state index >= 15 is 0 Å². The van der Waals surface area contributed by atoms with Gasteiger partial charge < -0.3 is 5.73 Å². The smallest absolute Gasteiger partial charge is 0.319 e. The summed E-state index contributed by atoms with van der Waals surface area (Å²) < 4.78 is 38.0. The van der Waals surface area contributed by atoms with Crippen LogP contribution in [-0.4, -0.2) is 11.2 Å². The monoisotopic (exact) mass is 292 g/mol. The predicted molar refractivity (Wildman–Crippen MR) is 70.1 cm³/mol. The second kappa shape index (κ2) is 5.05. The first kappa shape index (κ1) is 14.8. The third-order valence-electron chi connectivity index (χ3n) is 3.99. The van der Waals surface area contributed by atoms with E-state index < -0.39 is 17.6 Å². The highest BCUT2D eigenvalue weighted by molar-refractivity contribution is 7.11. The van der Waals surface area contributed by atoms with Crippen LogP contribution in [0, 0.1) is 12.8 Å². The highest BCUT2D eigenvalue weighted by Gasteiger charge is 2.46. The summed E-state index contributed by atoms with van der Waals surface area (Å²) in [5, 5.41) is 0.808. The lowest BCUT2D eigenvalue weighted by Crippen LogP contribution is -2.43. The molecule has 0 amide bonds. The third-order valence-corrected chi connectivity index (χ3v) is 5.23. The molecule has 1 heterocycles. The number of alkyl halides is 3. The highest BCUT2D eigenvalue weighted by Crippen LogP contribution is 2.44. The molecule has 0 spiro atoms. The molecule has 19 heavy (non-hydrogen) atoms. The van der Waals surface area contributed by atoms with E-state index in [2.05, 4.69) is 4.98 Å². The number of hydrogen-bond donors (Lipinski definition) is 1. The zero-order valence-corrected chi connectivity index (χ0v) is 12.0. The fourth-order valence-electron chi connectivity index (χ4n) is 2.64. The average molecular weight is 292 g/mol. The first-order valence-corrected chi connectivity index (χ1v) is 7.40. The van der Waals surface area contributed by atoms with Gasteiger partial charge in [-0.2, -0.15) is 13.2 Å². The van der Waals surface area contributed by atoms with Gasteiger partial charge in [-0.25, -0.2) is 4.98 Å². The Kier molecular flexibility index (Phi) is 3.93. The molecule has 2 N–H and O–H groups in total. The van der Waals surface area contributed by atoms with E-state index in [1.807, 2.05) is 13.8 Å². The number of rotatable bonds is 2. The Bertz CT molecular complexity index is 445. The van der Waals surface area contributed by atoms with Gasteiger partial charge in [-0.1, -0.05) is 6.92 Å². The Morgan fingerprint density at radius 3 is 2.37 bits per heavy atom. The van der Waals surface area contributed by atoms with E-state index in [9.17, 15) is 13.2 Å². The Morgan fingerprint density at radius 2 is 1.95 bits per heavy atom. The maximum Gasteiger partial charge on any atom is 0.391 e. The van der Waals surface area contributed by atoms with E-state index in [0.29, 0.717) is 12.8 Å². The topological polar surface area (TPSA) is 38.9 Å². The molecule has 0 unspecified atom stereocenters. The molecule has 1 saturated carbocycles. The molecule has 0 aromatic carbocycles. The minimum atomic E-state index is -4.09. The zero-order chi connectivity index (χ0) is 14.3. The summed E-state index contributed by atoms with van der Waals surface area (Å²) in [5.74, 6) is -1.20. The van der Waals surface area contributed by atoms with Crippen LogP contribution in [0.3, 0.4) is 0 Å². The van der Waals surface area contributed by atoms with Gasteiger partial charge in [-0.3, -0.25) is 0 Å². The van der Waals surface area contributed by atoms with Crippen LogP contribution in [0.4, 0.5) is 13.2 Å². The molecule has 1 aliphatic rings. The van der Waals surface area contributed by atoms with Gasteiger partial charge in [0.2, 0.25) is 0 Å². The Balaban J connectivity index is 2.13. The van der Waals surface area contributed by atoms with Gasteiger partial charge in [0, 0.05) is 4.88 Å². The van der Waals surface area contributed by atoms with Crippen LogP contribution in [0.15, 0.2) is 0 Å². The van der Waals surface area contributed by atoms with E-state index in [1.54, 1.807) is 0 Å². The third kappa shape index (κ3) is 2.94. The minimum absolute atomic E-state index is 0.111. The quantitative estimate of drug-likeness (QED) is 0.897. The molecular weight excluding hydrogens is 273 g/mol. The van der Waals surface area contributed by atoms with Gasteiger partial charge in [-0.05, 0) is 39.0 Å². The van der Waals surface area contributed by atoms with E-state index in [4.69, 9.17) is 5.73 Å². The van der Waals surface area contributed by atoms with E-state index in [0.717, 1.165) is 22.0 Å². The maximum atomic E-state index is 12.7. The second-order valence-electron chi connectivity index (χ2n) is 5.35. The molecule has 1 fully saturated rings. The summed E-state index contributed by atoms with van der Waals surface area (Å²) in [4.78, 5) is 5.65. The predicted octanol–water partition coefficient (Wildman–Crippen LogP) is 3.92. The number of nitrogens with zero attached hydrogens (tertiary/aromatic N) is 1. The Morgan fingerprint density at radius 1 is 1.37 bits per heavy atom. The first-order valence-electron chi connectivity index (χ1n) is 6.58. The lowest BCUT2D eigenvalue weighted by molar-refractivity contribution is -0.184. The number of aromatic nitrogens is 1. The normalized spacial score (nSPS) is 28.6. The Hall–Kier alpha value is -0.620. The van der Waals surface area contributed by atoms with Crippen LogP contribution in [0.2, 0.25) is 0 Å². The highest BCUT2D eigenvalue weighted by atomic mass is 32.1. The van der Waals surface area contributed by atoms with Crippen molar-refractivity contribution in [1.29, 1.82) is 0 Å². The van der Waals surface area contributed by atoms with Crippen molar-refractivity contribution in [3.63, 3.8) is 0 Å². The van der Waals surface area contributed by atoms with Crippen molar-refractivity contribution < 1.29 is 13.2 Å². The lowest BCUT2D eigenvalue weighted by atomic mass is 9.77. The molecule has 1 aliphatic carbocycles. The fourth-order valence-corrected chi connectivity index (χ4v) is 3.80. The minimum Gasteiger partial charge on any atom is -0.319 e. The molecule has 0 radical (unpaired) electrons. The largest absolute Gasteiger partial charge is 0.391 e. The summed E-state index contributed by atoms with van der Waals surface area (Å²) in [6.07, 6.45) is -2.29. The maximum absolute atomic E-state index is 12.7. The van der Waals surface area contributed by atoms with Crippen molar-refractivity contribution in [3.05, 3.63) is 15.6 Å². The van der Waals surface area contributed by atoms with Gasteiger partial charge in [0.15, 0.2) is 0 Å². The van der Waals surface area contributed by atoms with Crippen LogP contribution in [0.25, 0.3) is 0 Å². The van der Waals surface area contributed by atoms with Crippen LogP contribution < -0.4 is 5.73 Å². The molecule has 0 bridgehead atoms. The van der Waals surface area contributed by atoms with Gasteiger partial charge in [0.05, 0.1) is 17.2 Å². The molecule has 1 aromatic heterocycles. The van der Waals surface area contributed by atoms with Crippen LogP contribution in [-0.2, 0) is 12.0 Å². The van der Waals surface area contributed by atoms with Gasteiger partial charge in [0.1, 0.15) is 5.01 Å². The second-order valence-corrected chi connectivity index (χ2v) is 6.55. The molecule has 2 rings (SSSR count). The molecule has 0 aliphatic heterocycles. The average Bonchev–Trinajstić information content (AvgIpc) is 2.70. The summed E-state index contributed by atoms with van der Waals surface area (Å²) >= 11 is 1.54. The van der Waals surface area contributed by atoms with Gasteiger partial charge in [0.25, 0.3) is 0 Å². The van der Waals surface area contributed by atoms with Gasteiger partial charge >= 0.3 is 6.18 Å². The number of halogens is 3. The van der Waals surface area contributed by atoms with E-state index in [-0.39, 0.29) is 12.8 Å². The van der Waals surface area contributed by atoms with Crippen LogP contribution >= 0.6 is 11.3 Å². The molecule has 108 valence electrons. The fraction of sp³-hybridized carbons (Fsp3) is 0.769. The van der Waals surface area contributed by atoms with Crippen molar-refractivity contribution in [1.82, 2.24) is 4.98 Å². The summed E-state index contributed by atoms with van der Waals surface area (Å²) in [5.41, 5.74) is 6.66. The van der Waals surface area contributed by atoms with Crippen molar-refractivity contribution >= 4 is 11.3 Å². The first-order chi connectivity index (χ1) is 8.76. The van der Waals surface area contributed by atoms with Crippen molar-refractivity contribution in [2.24, 2.45) is 11.7 Å². The van der Waals surface area contributed by atoms with Crippen molar-refractivity contribution in [2.45, 2.75) is 57.7 Å². The Labute approximate surface area is 115 Å². The number of hydrogen-bond acceptors (Lipinski definition) is 3. The van der Waals surface area contributed by atoms with Crippen LogP contribution in [0.1, 0.15) is 48.2 Å². The molecule has 1 aromatic rings. The van der Waals surface area contributed by atoms with E-state index in [1.165, 1.54) is 11.3 Å². The number of thiazole rings is 1. The molecule has 2 nitrogen and oxygen atoms in total. The molecule has 0 atom stereocenters. The summed E-state index contributed by atoms with van der Waals surface area (Å²) in [6, 6.07) is 0. The number of aryl methyl sites for hydroxylation is 2. The lowest BCUT2D eigenvalue weighted by Gasteiger charge is -2.36.